The minimum absolute atomic E-state index is 0.150. The molecule has 118 valence electrons. The van der Waals surface area contributed by atoms with Crippen molar-refractivity contribution in [1.29, 1.82) is 0 Å². The van der Waals surface area contributed by atoms with Crippen LogP contribution in [0.3, 0.4) is 0 Å². The van der Waals surface area contributed by atoms with Crippen LogP contribution < -0.4 is 11.2 Å². The summed E-state index contributed by atoms with van der Waals surface area (Å²) in [5, 5.41) is 18.9. The van der Waals surface area contributed by atoms with Gasteiger partial charge in [-0.2, -0.15) is 0 Å². The van der Waals surface area contributed by atoms with Crippen LogP contribution in [-0.2, 0) is 11.8 Å². The van der Waals surface area contributed by atoms with E-state index in [2.05, 4.69) is 9.97 Å². The van der Waals surface area contributed by atoms with Crippen LogP contribution >= 0.6 is 0 Å². The number of nitrogens with one attached hydrogen (secondary N) is 1. The minimum atomic E-state index is -0.870. The largest absolute Gasteiger partial charge is 0.394 e. The maximum atomic E-state index is 12.0. The van der Waals surface area contributed by atoms with Crippen molar-refractivity contribution in [2.24, 2.45) is 7.05 Å². The third-order valence-electron chi connectivity index (χ3n) is 3.72. The monoisotopic (exact) mass is 308 g/mol. The van der Waals surface area contributed by atoms with Crippen LogP contribution in [0.1, 0.15) is 12.6 Å². The van der Waals surface area contributed by atoms with Gasteiger partial charge in [-0.3, -0.25) is 14.3 Å². The van der Waals surface area contributed by atoms with E-state index in [4.69, 9.17) is 9.84 Å². The van der Waals surface area contributed by atoms with E-state index in [1.807, 2.05) is 0 Å². The molecule has 0 spiro atoms. The van der Waals surface area contributed by atoms with E-state index < -0.39 is 29.7 Å². The molecule has 1 aliphatic rings. The molecule has 1 aliphatic heterocycles. The molecule has 1 saturated heterocycles. The highest BCUT2D eigenvalue weighted by molar-refractivity contribution is 5.52. The summed E-state index contributed by atoms with van der Waals surface area (Å²) >= 11 is 0. The van der Waals surface area contributed by atoms with Crippen molar-refractivity contribution in [3.8, 4) is 11.4 Å². The summed E-state index contributed by atoms with van der Waals surface area (Å²) in [6.07, 6.45) is 2.36. The summed E-state index contributed by atoms with van der Waals surface area (Å²) in [6, 6.07) is 0. The zero-order valence-corrected chi connectivity index (χ0v) is 11.8. The molecule has 0 bridgehead atoms. The van der Waals surface area contributed by atoms with Gasteiger partial charge in [-0.1, -0.05) is 0 Å². The Balaban J connectivity index is 2.05. The summed E-state index contributed by atoms with van der Waals surface area (Å²) in [4.78, 5) is 30.3. The molecule has 0 aromatic carbocycles. The van der Waals surface area contributed by atoms with Crippen LogP contribution in [-0.4, -0.2) is 48.1 Å². The number of aliphatic hydroxyl groups is 2. The molecule has 9 nitrogen and oxygen atoms in total. The second-order valence-electron chi connectivity index (χ2n) is 5.19. The highest BCUT2D eigenvalue weighted by atomic mass is 16.5. The van der Waals surface area contributed by atoms with Gasteiger partial charge in [0.25, 0.3) is 5.56 Å². The third-order valence-corrected chi connectivity index (χ3v) is 3.72. The molecule has 0 unspecified atom stereocenters. The molecule has 0 aliphatic carbocycles. The summed E-state index contributed by atoms with van der Waals surface area (Å²) in [5.41, 5.74) is -0.968. The number of imidazole rings is 1. The van der Waals surface area contributed by atoms with Gasteiger partial charge >= 0.3 is 5.69 Å². The van der Waals surface area contributed by atoms with Gasteiger partial charge < -0.3 is 19.5 Å². The van der Waals surface area contributed by atoms with Gasteiger partial charge in [0, 0.05) is 32.1 Å². The van der Waals surface area contributed by atoms with Gasteiger partial charge in [0.2, 0.25) is 0 Å². The molecule has 1 fully saturated rings. The Morgan fingerprint density at radius 1 is 1.50 bits per heavy atom. The summed E-state index contributed by atoms with van der Waals surface area (Å²) in [5.74, 6) is 0.409. The molecular formula is C13H16N4O5. The summed E-state index contributed by atoms with van der Waals surface area (Å²) in [6.45, 7) is -0.345. The Bertz CT molecular complexity index is 792. The maximum Gasteiger partial charge on any atom is 0.330 e. The fraction of sp³-hybridized carbons (Fsp3) is 0.462. The Morgan fingerprint density at radius 3 is 2.86 bits per heavy atom. The van der Waals surface area contributed by atoms with Crippen LogP contribution in [0.15, 0.2) is 28.2 Å². The number of nitrogens with zero attached hydrogens (tertiary/aromatic N) is 3. The molecule has 2 aromatic rings. The van der Waals surface area contributed by atoms with Crippen molar-refractivity contribution >= 4 is 0 Å². The van der Waals surface area contributed by atoms with E-state index in [1.165, 1.54) is 10.8 Å². The van der Waals surface area contributed by atoms with E-state index in [-0.39, 0.29) is 18.6 Å². The number of rotatable bonds is 3. The normalized spacial score (nSPS) is 24.8. The van der Waals surface area contributed by atoms with Crippen molar-refractivity contribution in [2.45, 2.75) is 24.9 Å². The highest BCUT2D eigenvalue weighted by Gasteiger charge is 2.35. The predicted octanol–water partition coefficient (Wildman–Crippen LogP) is -1.42. The molecule has 0 amide bonds. The van der Waals surface area contributed by atoms with Crippen LogP contribution in [0, 0.1) is 0 Å². The van der Waals surface area contributed by atoms with E-state index >= 15 is 0 Å². The van der Waals surface area contributed by atoms with E-state index in [0.29, 0.717) is 5.82 Å². The molecule has 0 saturated carbocycles. The van der Waals surface area contributed by atoms with Gasteiger partial charge in [-0.15, -0.1) is 0 Å². The lowest BCUT2D eigenvalue weighted by molar-refractivity contribution is -0.0458. The number of hydrogen-bond donors (Lipinski definition) is 3. The first kappa shape index (κ1) is 14.7. The van der Waals surface area contributed by atoms with E-state index in [1.54, 1.807) is 24.0 Å². The second kappa shape index (κ2) is 5.52. The SMILES string of the molecule is Cn1ccnc1-c1cn([C@H]2C[C@H](O)[C@@H](CO)O2)c(=O)[nH]c1=O. The number of aromatic amines is 1. The maximum absolute atomic E-state index is 12.0. The Kier molecular flexibility index (Phi) is 3.69. The lowest BCUT2D eigenvalue weighted by Gasteiger charge is -2.15. The molecule has 3 rings (SSSR count). The molecule has 0 radical (unpaired) electrons. The highest BCUT2D eigenvalue weighted by Crippen LogP contribution is 2.27. The van der Waals surface area contributed by atoms with E-state index in [0.717, 1.165) is 0 Å². The average molecular weight is 308 g/mol. The zero-order chi connectivity index (χ0) is 15.9. The first-order chi connectivity index (χ1) is 10.5. The van der Waals surface area contributed by atoms with Gasteiger partial charge in [0.05, 0.1) is 18.3 Å². The van der Waals surface area contributed by atoms with Crippen molar-refractivity contribution in [1.82, 2.24) is 19.1 Å². The van der Waals surface area contributed by atoms with Gasteiger partial charge in [0.1, 0.15) is 18.2 Å². The van der Waals surface area contributed by atoms with Crippen molar-refractivity contribution in [2.75, 3.05) is 6.61 Å². The molecule has 3 N–H and O–H groups in total. The fourth-order valence-electron chi connectivity index (χ4n) is 2.53. The fourth-order valence-corrected chi connectivity index (χ4v) is 2.53. The molecule has 2 aromatic heterocycles. The standard InChI is InChI=1S/C13H16N4O5/c1-16-3-2-14-11(16)7-5-17(13(21)15-12(7)20)10-4-8(19)9(6-18)22-10/h2-3,5,8-10,18-19H,4,6H2,1H3,(H,15,20,21)/t8-,9+,10+/m0/s1. The Hall–Kier alpha value is -2.23. The van der Waals surface area contributed by atoms with Crippen LogP contribution in [0.25, 0.3) is 11.4 Å². The minimum Gasteiger partial charge on any atom is -0.394 e. The lowest BCUT2D eigenvalue weighted by atomic mass is 10.2. The van der Waals surface area contributed by atoms with Gasteiger partial charge in [0.15, 0.2) is 0 Å². The first-order valence-electron chi connectivity index (χ1n) is 6.78. The van der Waals surface area contributed by atoms with Crippen LogP contribution in [0.4, 0.5) is 0 Å². The molecule has 9 heteroatoms. The number of H-pyrrole nitrogens is 1. The van der Waals surface area contributed by atoms with Crippen molar-refractivity contribution < 1.29 is 14.9 Å². The third kappa shape index (κ3) is 2.39. The molecule has 3 atom stereocenters. The number of aryl methyl sites for hydroxylation is 1. The quantitative estimate of drug-likeness (QED) is 0.639. The van der Waals surface area contributed by atoms with Crippen LogP contribution in [0.5, 0.6) is 0 Å². The Morgan fingerprint density at radius 2 is 2.27 bits per heavy atom. The van der Waals surface area contributed by atoms with Crippen molar-refractivity contribution in [3.05, 3.63) is 39.4 Å². The lowest BCUT2D eigenvalue weighted by Crippen LogP contribution is -2.33. The number of aromatic nitrogens is 4. The Labute approximate surface area is 124 Å². The average Bonchev–Trinajstić information content (AvgIpc) is 3.05. The summed E-state index contributed by atoms with van der Waals surface area (Å²) in [7, 11) is 1.73. The predicted molar refractivity (Wildman–Crippen MR) is 75.1 cm³/mol. The van der Waals surface area contributed by atoms with Gasteiger partial charge in [-0.05, 0) is 0 Å². The molecular weight excluding hydrogens is 292 g/mol. The van der Waals surface area contributed by atoms with E-state index in [9.17, 15) is 14.7 Å². The first-order valence-corrected chi connectivity index (χ1v) is 6.78. The van der Waals surface area contributed by atoms with Crippen LogP contribution in [0.2, 0.25) is 0 Å². The number of hydrogen-bond acceptors (Lipinski definition) is 6. The number of aliphatic hydroxyl groups excluding tert-OH is 2. The number of ether oxygens (including phenoxy) is 1. The topological polar surface area (TPSA) is 122 Å². The summed E-state index contributed by atoms with van der Waals surface area (Å²) < 4.78 is 8.30. The van der Waals surface area contributed by atoms with Crippen molar-refractivity contribution in [3.63, 3.8) is 0 Å². The second-order valence-corrected chi connectivity index (χ2v) is 5.19. The zero-order valence-electron chi connectivity index (χ0n) is 11.8. The smallest absolute Gasteiger partial charge is 0.330 e. The molecule has 22 heavy (non-hydrogen) atoms. The molecule has 3 heterocycles. The van der Waals surface area contributed by atoms with Gasteiger partial charge in [-0.25, -0.2) is 9.78 Å².